The molecule has 1 unspecified atom stereocenters. The lowest BCUT2D eigenvalue weighted by molar-refractivity contribution is -0.0347. The van der Waals surface area contributed by atoms with Crippen molar-refractivity contribution < 1.29 is 28.5 Å². The smallest absolute Gasteiger partial charge is 0.254 e. The van der Waals surface area contributed by atoms with E-state index >= 15 is 0 Å². The van der Waals surface area contributed by atoms with Crippen molar-refractivity contribution in [1.29, 1.82) is 0 Å². The molecule has 0 radical (unpaired) electrons. The number of carbonyl (C=O) groups is 2. The van der Waals surface area contributed by atoms with Crippen molar-refractivity contribution in [2.24, 2.45) is 0 Å². The van der Waals surface area contributed by atoms with E-state index in [2.05, 4.69) is 4.90 Å². The van der Waals surface area contributed by atoms with E-state index in [4.69, 9.17) is 18.9 Å². The van der Waals surface area contributed by atoms with Crippen molar-refractivity contribution in [3.8, 4) is 11.5 Å². The fourth-order valence-corrected chi connectivity index (χ4v) is 4.65. The summed E-state index contributed by atoms with van der Waals surface area (Å²) >= 11 is 0. The number of hydrogen-bond donors (Lipinski definition) is 0. The molecule has 200 valence electrons. The number of amides is 2. The predicted octanol–water partition coefficient (Wildman–Crippen LogP) is 2.33. The lowest BCUT2D eigenvalue weighted by Gasteiger charge is -2.37. The van der Waals surface area contributed by atoms with Crippen LogP contribution >= 0.6 is 0 Å². The summed E-state index contributed by atoms with van der Waals surface area (Å²) in [6.45, 7) is 8.22. The highest BCUT2D eigenvalue weighted by atomic mass is 16.5. The predicted molar refractivity (Wildman–Crippen MR) is 140 cm³/mol. The van der Waals surface area contributed by atoms with Gasteiger partial charge in [-0.3, -0.25) is 14.5 Å². The number of hydrogen-bond acceptors (Lipinski definition) is 7. The molecule has 2 aliphatic heterocycles. The summed E-state index contributed by atoms with van der Waals surface area (Å²) in [5, 5.41) is 0. The summed E-state index contributed by atoms with van der Waals surface area (Å²) < 4.78 is 22.2. The normalized spacial score (nSPS) is 18.4. The molecule has 2 amide bonds. The zero-order chi connectivity index (χ0) is 26.2. The molecule has 2 fully saturated rings. The molecule has 0 bridgehead atoms. The third-order valence-corrected chi connectivity index (χ3v) is 6.86. The minimum atomic E-state index is -0.281. The second-order valence-corrected chi connectivity index (χ2v) is 9.38. The van der Waals surface area contributed by atoms with E-state index in [1.807, 2.05) is 36.1 Å². The standard InChI is InChI=1S/C28H37N3O6/c1-21-4-6-22(7-5-21)27(32)30(11-10-29-12-15-36-16-13-29)19-24-20-31(14-17-37-24)28(33)23-8-9-25(34-2)26(18-23)35-3/h4-9,18,24H,10-17,19-20H2,1-3H3. The van der Waals surface area contributed by atoms with Crippen LogP contribution in [0.1, 0.15) is 26.3 Å². The molecule has 37 heavy (non-hydrogen) atoms. The highest BCUT2D eigenvalue weighted by molar-refractivity contribution is 5.95. The van der Waals surface area contributed by atoms with Crippen LogP contribution in [0.25, 0.3) is 0 Å². The van der Waals surface area contributed by atoms with Gasteiger partial charge >= 0.3 is 0 Å². The van der Waals surface area contributed by atoms with Gasteiger partial charge in [0.25, 0.3) is 11.8 Å². The van der Waals surface area contributed by atoms with E-state index in [0.29, 0.717) is 68.6 Å². The average Bonchev–Trinajstić information content (AvgIpc) is 2.95. The van der Waals surface area contributed by atoms with Crippen molar-refractivity contribution in [1.82, 2.24) is 14.7 Å². The van der Waals surface area contributed by atoms with Crippen molar-refractivity contribution in [3.05, 3.63) is 59.2 Å². The maximum Gasteiger partial charge on any atom is 0.254 e. The van der Waals surface area contributed by atoms with E-state index in [1.54, 1.807) is 37.3 Å². The van der Waals surface area contributed by atoms with E-state index in [-0.39, 0.29) is 17.9 Å². The number of nitrogens with zero attached hydrogens (tertiary/aromatic N) is 3. The Labute approximate surface area is 218 Å². The van der Waals surface area contributed by atoms with Gasteiger partial charge in [0.15, 0.2) is 11.5 Å². The van der Waals surface area contributed by atoms with Gasteiger partial charge in [0.1, 0.15) is 0 Å². The van der Waals surface area contributed by atoms with Gasteiger partial charge in [0.2, 0.25) is 0 Å². The van der Waals surface area contributed by atoms with Gasteiger partial charge in [0.05, 0.1) is 40.1 Å². The van der Waals surface area contributed by atoms with Gasteiger partial charge in [-0.25, -0.2) is 0 Å². The molecule has 4 rings (SSSR count). The van der Waals surface area contributed by atoms with Crippen LogP contribution < -0.4 is 9.47 Å². The van der Waals surface area contributed by atoms with E-state index in [1.165, 1.54) is 0 Å². The highest BCUT2D eigenvalue weighted by Gasteiger charge is 2.29. The van der Waals surface area contributed by atoms with Gasteiger partial charge in [-0.1, -0.05) is 17.7 Å². The van der Waals surface area contributed by atoms with Crippen LogP contribution in [-0.4, -0.2) is 112 Å². The second kappa shape index (κ2) is 12.9. The van der Waals surface area contributed by atoms with Crippen molar-refractivity contribution in [3.63, 3.8) is 0 Å². The Morgan fingerprint density at radius 2 is 1.65 bits per heavy atom. The van der Waals surface area contributed by atoms with Crippen LogP contribution in [0.3, 0.4) is 0 Å². The Bertz CT molecular complexity index is 1050. The fraction of sp³-hybridized carbons (Fsp3) is 0.500. The first kappa shape index (κ1) is 26.9. The van der Waals surface area contributed by atoms with Crippen LogP contribution in [0.4, 0.5) is 0 Å². The molecule has 1 atom stereocenters. The van der Waals surface area contributed by atoms with Crippen molar-refractivity contribution in [2.75, 3.05) is 79.9 Å². The molecule has 2 saturated heterocycles. The lowest BCUT2D eigenvalue weighted by atomic mass is 10.1. The second-order valence-electron chi connectivity index (χ2n) is 9.38. The minimum Gasteiger partial charge on any atom is -0.493 e. The third-order valence-electron chi connectivity index (χ3n) is 6.86. The molecule has 2 aromatic carbocycles. The van der Waals surface area contributed by atoms with Gasteiger partial charge < -0.3 is 28.7 Å². The quantitative estimate of drug-likeness (QED) is 0.511. The van der Waals surface area contributed by atoms with Crippen LogP contribution in [0.2, 0.25) is 0 Å². The number of benzene rings is 2. The maximum absolute atomic E-state index is 13.5. The molecule has 0 saturated carbocycles. The maximum atomic E-state index is 13.5. The Balaban J connectivity index is 1.44. The van der Waals surface area contributed by atoms with Gasteiger partial charge in [-0.05, 0) is 37.3 Å². The van der Waals surface area contributed by atoms with Gasteiger partial charge in [0, 0.05) is 56.9 Å². The molecule has 2 aromatic rings. The van der Waals surface area contributed by atoms with E-state index < -0.39 is 0 Å². The highest BCUT2D eigenvalue weighted by Crippen LogP contribution is 2.28. The molecular formula is C28H37N3O6. The minimum absolute atomic E-state index is 0.0276. The first-order valence-electron chi connectivity index (χ1n) is 12.8. The molecule has 0 N–H and O–H groups in total. The van der Waals surface area contributed by atoms with Crippen LogP contribution in [0.15, 0.2) is 42.5 Å². The molecule has 2 aliphatic rings. The number of aryl methyl sites for hydroxylation is 1. The number of rotatable bonds is 9. The third kappa shape index (κ3) is 7.00. The summed E-state index contributed by atoms with van der Waals surface area (Å²) in [4.78, 5) is 32.7. The Morgan fingerprint density at radius 1 is 0.946 bits per heavy atom. The van der Waals surface area contributed by atoms with Crippen LogP contribution in [0.5, 0.6) is 11.5 Å². The largest absolute Gasteiger partial charge is 0.493 e. The first-order valence-corrected chi connectivity index (χ1v) is 12.8. The van der Waals surface area contributed by atoms with Gasteiger partial charge in [-0.2, -0.15) is 0 Å². The van der Waals surface area contributed by atoms with E-state index in [9.17, 15) is 9.59 Å². The lowest BCUT2D eigenvalue weighted by Crippen LogP contribution is -2.52. The fourth-order valence-electron chi connectivity index (χ4n) is 4.65. The number of morpholine rings is 2. The zero-order valence-electron chi connectivity index (χ0n) is 22.0. The number of methoxy groups -OCH3 is 2. The summed E-state index contributed by atoms with van der Waals surface area (Å²) in [7, 11) is 3.11. The average molecular weight is 512 g/mol. The van der Waals surface area contributed by atoms with Crippen molar-refractivity contribution in [2.45, 2.75) is 13.0 Å². The Hall–Kier alpha value is -3.14. The SMILES string of the molecule is COc1ccc(C(=O)N2CCOC(CN(CCN3CCOCC3)C(=O)c3ccc(C)cc3)C2)cc1OC. The van der Waals surface area contributed by atoms with Crippen LogP contribution in [0, 0.1) is 6.92 Å². The topological polar surface area (TPSA) is 80.8 Å². The molecule has 0 aliphatic carbocycles. The molecule has 9 heteroatoms. The Kier molecular flexibility index (Phi) is 9.38. The first-order chi connectivity index (χ1) is 18.0. The number of ether oxygens (including phenoxy) is 4. The molecule has 9 nitrogen and oxygen atoms in total. The Morgan fingerprint density at radius 3 is 2.35 bits per heavy atom. The summed E-state index contributed by atoms with van der Waals surface area (Å²) in [5.41, 5.74) is 2.29. The van der Waals surface area contributed by atoms with Gasteiger partial charge in [-0.15, -0.1) is 0 Å². The zero-order valence-corrected chi connectivity index (χ0v) is 22.0. The number of carbonyl (C=O) groups excluding carboxylic acids is 2. The summed E-state index contributed by atoms with van der Waals surface area (Å²) in [6.07, 6.45) is -0.281. The van der Waals surface area contributed by atoms with E-state index in [0.717, 1.165) is 25.2 Å². The molecule has 0 aromatic heterocycles. The summed E-state index contributed by atoms with van der Waals surface area (Å²) in [5.74, 6) is 0.958. The molecule has 0 spiro atoms. The molecular weight excluding hydrogens is 474 g/mol. The monoisotopic (exact) mass is 511 g/mol. The van der Waals surface area contributed by atoms with Crippen molar-refractivity contribution >= 4 is 11.8 Å². The molecule has 2 heterocycles. The summed E-state index contributed by atoms with van der Waals surface area (Å²) in [6, 6.07) is 12.8. The van der Waals surface area contributed by atoms with Crippen LogP contribution in [-0.2, 0) is 9.47 Å².